The highest BCUT2D eigenvalue weighted by Gasteiger charge is 2.37. The molecule has 3 rings (SSSR count). The van der Waals surface area contributed by atoms with E-state index in [2.05, 4.69) is 15.0 Å². The lowest BCUT2D eigenvalue weighted by molar-refractivity contribution is -0.127. The molecule has 2 aromatic rings. The summed E-state index contributed by atoms with van der Waals surface area (Å²) in [5, 5.41) is 2.69. The predicted molar refractivity (Wildman–Crippen MR) is 115 cm³/mol. The SMILES string of the molecule is COC(=O)c1ccc(N=C2SC(CC(=O)Nc3ccccc3OC)C(=O)N2C)cc1. The maximum Gasteiger partial charge on any atom is 0.337 e. The van der Waals surface area contributed by atoms with E-state index in [0.29, 0.717) is 27.9 Å². The van der Waals surface area contributed by atoms with E-state index in [1.807, 2.05) is 0 Å². The molecule has 30 heavy (non-hydrogen) atoms. The first kappa shape index (κ1) is 21.4. The largest absolute Gasteiger partial charge is 0.495 e. The standard InChI is InChI=1S/C21H21N3O5S/c1-24-19(26)17(12-18(25)23-15-6-4-5-7-16(15)28-2)30-21(24)22-14-10-8-13(9-11-14)20(27)29-3/h4-11,17H,12H2,1-3H3,(H,23,25). The second-order valence-electron chi connectivity index (χ2n) is 6.39. The second-order valence-corrected chi connectivity index (χ2v) is 7.56. The minimum Gasteiger partial charge on any atom is -0.495 e. The molecule has 9 heteroatoms. The number of benzene rings is 2. The third-order valence-corrected chi connectivity index (χ3v) is 5.63. The molecule has 0 radical (unpaired) electrons. The fourth-order valence-corrected chi connectivity index (χ4v) is 3.97. The topological polar surface area (TPSA) is 97.3 Å². The van der Waals surface area contributed by atoms with Crippen molar-refractivity contribution in [2.24, 2.45) is 4.99 Å². The van der Waals surface area contributed by atoms with Crippen LogP contribution in [0.2, 0.25) is 0 Å². The van der Waals surface area contributed by atoms with Gasteiger partial charge in [-0.15, -0.1) is 0 Å². The second kappa shape index (κ2) is 9.45. The van der Waals surface area contributed by atoms with Crippen molar-refractivity contribution in [3.63, 3.8) is 0 Å². The van der Waals surface area contributed by atoms with Crippen LogP contribution < -0.4 is 10.1 Å². The molecule has 1 fully saturated rings. The number of amidine groups is 1. The first-order valence-corrected chi connectivity index (χ1v) is 9.95. The maximum absolute atomic E-state index is 12.6. The zero-order valence-electron chi connectivity index (χ0n) is 16.7. The van der Waals surface area contributed by atoms with Gasteiger partial charge in [0.15, 0.2) is 5.17 Å². The smallest absolute Gasteiger partial charge is 0.337 e. The molecular weight excluding hydrogens is 406 g/mol. The van der Waals surface area contributed by atoms with Gasteiger partial charge in [-0.05, 0) is 36.4 Å². The highest BCUT2D eigenvalue weighted by Crippen LogP contribution is 2.31. The summed E-state index contributed by atoms with van der Waals surface area (Å²) in [4.78, 5) is 42.4. The zero-order valence-corrected chi connectivity index (χ0v) is 17.6. The Hall–Kier alpha value is -3.33. The Morgan fingerprint density at radius 3 is 2.50 bits per heavy atom. The molecule has 0 saturated carbocycles. The van der Waals surface area contributed by atoms with Crippen LogP contribution in [0.5, 0.6) is 5.75 Å². The van der Waals surface area contributed by atoms with Crippen LogP contribution in [0.15, 0.2) is 53.5 Å². The van der Waals surface area contributed by atoms with Gasteiger partial charge in [0, 0.05) is 13.5 Å². The van der Waals surface area contributed by atoms with Crippen LogP contribution in [0.4, 0.5) is 11.4 Å². The van der Waals surface area contributed by atoms with Crippen molar-refractivity contribution in [2.45, 2.75) is 11.7 Å². The Labute approximate surface area is 178 Å². The summed E-state index contributed by atoms with van der Waals surface area (Å²) >= 11 is 1.23. The van der Waals surface area contributed by atoms with Crippen LogP contribution in [-0.2, 0) is 14.3 Å². The van der Waals surface area contributed by atoms with Gasteiger partial charge in [0.1, 0.15) is 11.0 Å². The van der Waals surface area contributed by atoms with Crippen molar-refractivity contribution in [1.82, 2.24) is 4.90 Å². The van der Waals surface area contributed by atoms with Crippen molar-refractivity contribution >= 4 is 46.1 Å². The van der Waals surface area contributed by atoms with E-state index in [1.54, 1.807) is 55.6 Å². The van der Waals surface area contributed by atoms with Gasteiger partial charge in [0.05, 0.1) is 31.2 Å². The first-order chi connectivity index (χ1) is 14.4. The van der Waals surface area contributed by atoms with Gasteiger partial charge in [-0.2, -0.15) is 0 Å². The summed E-state index contributed by atoms with van der Waals surface area (Å²) in [5.41, 5.74) is 1.55. The number of thioether (sulfide) groups is 1. The van der Waals surface area contributed by atoms with Gasteiger partial charge in [-0.25, -0.2) is 9.79 Å². The Morgan fingerprint density at radius 2 is 1.83 bits per heavy atom. The highest BCUT2D eigenvalue weighted by molar-refractivity contribution is 8.15. The lowest BCUT2D eigenvalue weighted by atomic mass is 10.2. The van der Waals surface area contributed by atoms with Crippen LogP contribution in [-0.4, -0.2) is 54.4 Å². The molecule has 1 saturated heterocycles. The van der Waals surface area contributed by atoms with E-state index in [1.165, 1.54) is 30.9 Å². The van der Waals surface area contributed by atoms with Gasteiger partial charge in [0.25, 0.3) is 0 Å². The van der Waals surface area contributed by atoms with E-state index in [4.69, 9.17) is 4.74 Å². The number of esters is 1. The molecule has 1 unspecified atom stereocenters. The molecule has 156 valence electrons. The summed E-state index contributed by atoms with van der Waals surface area (Å²) in [6.45, 7) is 0. The van der Waals surface area contributed by atoms with Crippen molar-refractivity contribution in [3.05, 3.63) is 54.1 Å². The van der Waals surface area contributed by atoms with E-state index in [0.717, 1.165) is 0 Å². The number of amides is 2. The zero-order chi connectivity index (χ0) is 21.7. The molecule has 0 spiro atoms. The Balaban J connectivity index is 1.67. The van der Waals surface area contributed by atoms with E-state index in [-0.39, 0.29) is 18.2 Å². The number of hydrogen-bond acceptors (Lipinski definition) is 7. The third kappa shape index (κ3) is 4.80. The Kier molecular flexibility index (Phi) is 6.73. The lowest BCUT2D eigenvalue weighted by Crippen LogP contribution is -2.30. The minimum absolute atomic E-state index is 0.00614. The number of para-hydroxylation sites is 2. The molecule has 1 heterocycles. The van der Waals surface area contributed by atoms with Crippen LogP contribution in [0, 0.1) is 0 Å². The minimum atomic E-state index is -0.571. The molecule has 1 N–H and O–H groups in total. The number of carbonyl (C=O) groups is 3. The molecule has 0 bridgehead atoms. The number of carbonyl (C=O) groups excluding carboxylic acids is 3. The molecule has 8 nitrogen and oxygen atoms in total. The Morgan fingerprint density at radius 1 is 1.13 bits per heavy atom. The number of hydrogen-bond donors (Lipinski definition) is 1. The number of methoxy groups -OCH3 is 2. The number of anilines is 1. The summed E-state index contributed by atoms with van der Waals surface area (Å²) in [6.07, 6.45) is 0.00614. The molecule has 0 aliphatic carbocycles. The third-order valence-electron chi connectivity index (χ3n) is 4.41. The van der Waals surface area contributed by atoms with Crippen molar-refractivity contribution < 1.29 is 23.9 Å². The molecule has 2 aromatic carbocycles. The normalized spacial score (nSPS) is 17.2. The van der Waals surface area contributed by atoms with Gasteiger partial charge in [-0.1, -0.05) is 23.9 Å². The number of nitrogens with one attached hydrogen (secondary N) is 1. The number of ether oxygens (including phenoxy) is 2. The van der Waals surface area contributed by atoms with E-state index >= 15 is 0 Å². The van der Waals surface area contributed by atoms with Crippen LogP contribution in [0.3, 0.4) is 0 Å². The molecular formula is C21H21N3O5S. The summed E-state index contributed by atoms with van der Waals surface area (Å²) < 4.78 is 9.90. The van der Waals surface area contributed by atoms with Gasteiger partial charge >= 0.3 is 5.97 Å². The van der Waals surface area contributed by atoms with Gasteiger partial charge in [-0.3, -0.25) is 14.5 Å². The monoisotopic (exact) mass is 427 g/mol. The quantitative estimate of drug-likeness (QED) is 0.712. The molecule has 1 atom stereocenters. The van der Waals surface area contributed by atoms with Crippen molar-refractivity contribution in [1.29, 1.82) is 0 Å². The highest BCUT2D eigenvalue weighted by atomic mass is 32.2. The predicted octanol–water partition coefficient (Wildman–Crippen LogP) is 3.07. The van der Waals surface area contributed by atoms with E-state index < -0.39 is 11.2 Å². The number of rotatable bonds is 6. The fourth-order valence-electron chi connectivity index (χ4n) is 2.82. The first-order valence-electron chi connectivity index (χ1n) is 9.07. The van der Waals surface area contributed by atoms with Gasteiger partial charge in [0.2, 0.25) is 11.8 Å². The summed E-state index contributed by atoms with van der Waals surface area (Å²) in [6, 6.07) is 13.6. The van der Waals surface area contributed by atoms with Crippen molar-refractivity contribution in [2.75, 3.05) is 26.6 Å². The summed E-state index contributed by atoms with van der Waals surface area (Å²) in [5.74, 6) is -0.369. The van der Waals surface area contributed by atoms with E-state index in [9.17, 15) is 14.4 Å². The maximum atomic E-state index is 12.6. The van der Waals surface area contributed by atoms with Crippen LogP contribution >= 0.6 is 11.8 Å². The molecule has 0 aromatic heterocycles. The van der Waals surface area contributed by atoms with Gasteiger partial charge < -0.3 is 14.8 Å². The molecule has 1 aliphatic heterocycles. The molecule has 2 amide bonds. The summed E-state index contributed by atoms with van der Waals surface area (Å²) in [7, 11) is 4.46. The molecule has 1 aliphatic rings. The van der Waals surface area contributed by atoms with Crippen LogP contribution in [0.25, 0.3) is 0 Å². The number of nitrogens with zero attached hydrogens (tertiary/aromatic N) is 2. The van der Waals surface area contributed by atoms with Crippen molar-refractivity contribution in [3.8, 4) is 5.75 Å². The number of aliphatic imine (C=N–C) groups is 1. The fraction of sp³-hybridized carbons (Fsp3) is 0.238. The lowest BCUT2D eigenvalue weighted by Gasteiger charge is -2.11. The van der Waals surface area contributed by atoms with Crippen LogP contribution in [0.1, 0.15) is 16.8 Å². The average molecular weight is 427 g/mol. The average Bonchev–Trinajstić information content (AvgIpc) is 3.01. The Bertz CT molecular complexity index is 990.